The number of carboxylic acid groups (broad SMARTS) is 1. The fourth-order valence-electron chi connectivity index (χ4n) is 1.55. The highest BCUT2D eigenvalue weighted by Gasteiger charge is 2.10. The van der Waals surface area contributed by atoms with Gasteiger partial charge in [-0.2, -0.15) is 0 Å². The summed E-state index contributed by atoms with van der Waals surface area (Å²) >= 11 is 1.33. The number of nitrogens with zero attached hydrogens (tertiary/aromatic N) is 2. The molecule has 0 amide bonds. The van der Waals surface area contributed by atoms with Gasteiger partial charge in [-0.15, -0.1) is 11.8 Å². The molecule has 5 nitrogen and oxygen atoms in total. The summed E-state index contributed by atoms with van der Waals surface area (Å²) in [5.41, 5.74) is 0.121. The molecule has 6 heteroatoms. The van der Waals surface area contributed by atoms with Gasteiger partial charge in [-0.25, -0.2) is 9.78 Å². The molecular formula is C13H12N2O3S. The molecule has 0 saturated heterocycles. The molecule has 0 aliphatic carbocycles. The van der Waals surface area contributed by atoms with E-state index >= 15 is 0 Å². The molecule has 0 aliphatic heterocycles. The van der Waals surface area contributed by atoms with E-state index in [1.165, 1.54) is 23.9 Å². The summed E-state index contributed by atoms with van der Waals surface area (Å²) in [5, 5.41) is 9.49. The van der Waals surface area contributed by atoms with E-state index in [-0.39, 0.29) is 11.1 Å². The largest absolute Gasteiger partial charge is 0.478 e. The van der Waals surface area contributed by atoms with Crippen LogP contribution in [-0.2, 0) is 6.54 Å². The van der Waals surface area contributed by atoms with E-state index in [2.05, 4.69) is 4.98 Å². The van der Waals surface area contributed by atoms with Crippen LogP contribution in [-0.4, -0.2) is 26.4 Å². The van der Waals surface area contributed by atoms with Crippen molar-refractivity contribution in [3.63, 3.8) is 0 Å². The van der Waals surface area contributed by atoms with E-state index in [4.69, 9.17) is 5.11 Å². The number of aromatic carboxylic acids is 1. The predicted molar refractivity (Wildman–Crippen MR) is 72.6 cm³/mol. The molecule has 2 rings (SSSR count). The van der Waals surface area contributed by atoms with Crippen molar-refractivity contribution in [3.05, 3.63) is 58.6 Å². The molecule has 0 aromatic carbocycles. The highest BCUT2D eigenvalue weighted by atomic mass is 32.2. The summed E-state index contributed by atoms with van der Waals surface area (Å²) < 4.78 is 1.58. The maximum atomic E-state index is 11.5. The Labute approximate surface area is 113 Å². The van der Waals surface area contributed by atoms with Crippen LogP contribution in [0.1, 0.15) is 10.4 Å². The van der Waals surface area contributed by atoms with Crippen LogP contribution in [0.2, 0.25) is 0 Å². The summed E-state index contributed by atoms with van der Waals surface area (Å²) in [6.45, 7) is 0.514. The third kappa shape index (κ3) is 3.45. The van der Waals surface area contributed by atoms with Crippen LogP contribution in [0, 0.1) is 0 Å². The van der Waals surface area contributed by atoms with Crippen molar-refractivity contribution in [2.75, 3.05) is 5.75 Å². The molecule has 98 valence electrons. The predicted octanol–water partition coefficient (Wildman–Crippen LogP) is 1.73. The van der Waals surface area contributed by atoms with Crippen molar-refractivity contribution < 1.29 is 9.90 Å². The van der Waals surface area contributed by atoms with Crippen molar-refractivity contribution in [2.24, 2.45) is 0 Å². The van der Waals surface area contributed by atoms with Crippen molar-refractivity contribution in [1.82, 2.24) is 9.55 Å². The monoisotopic (exact) mass is 276 g/mol. The molecule has 0 bridgehead atoms. The number of hydrogen-bond acceptors (Lipinski definition) is 4. The molecule has 0 unspecified atom stereocenters. The Kier molecular flexibility index (Phi) is 4.35. The molecule has 2 aromatic heterocycles. The lowest BCUT2D eigenvalue weighted by atomic mass is 10.3. The summed E-state index contributed by atoms with van der Waals surface area (Å²) in [5.74, 6) is -0.409. The zero-order valence-corrected chi connectivity index (χ0v) is 10.8. The van der Waals surface area contributed by atoms with Crippen LogP contribution >= 0.6 is 11.8 Å². The smallest absolute Gasteiger partial charge is 0.338 e. The lowest BCUT2D eigenvalue weighted by Crippen LogP contribution is -2.18. The fraction of sp³-hybridized carbons (Fsp3) is 0.154. The Morgan fingerprint density at radius 1 is 1.32 bits per heavy atom. The normalized spacial score (nSPS) is 10.3. The highest BCUT2D eigenvalue weighted by molar-refractivity contribution is 7.99. The first-order chi connectivity index (χ1) is 9.18. The fourth-order valence-corrected chi connectivity index (χ4v) is 2.48. The van der Waals surface area contributed by atoms with Gasteiger partial charge in [0, 0.05) is 30.8 Å². The minimum Gasteiger partial charge on any atom is -0.478 e. The number of pyridine rings is 2. The Hall–Kier alpha value is -2.08. The molecule has 0 atom stereocenters. The van der Waals surface area contributed by atoms with Gasteiger partial charge in [0.1, 0.15) is 5.03 Å². The second-order valence-electron chi connectivity index (χ2n) is 3.74. The zero-order valence-electron chi connectivity index (χ0n) is 10.0. The van der Waals surface area contributed by atoms with Gasteiger partial charge in [0.25, 0.3) is 5.56 Å². The van der Waals surface area contributed by atoms with Gasteiger partial charge in [0.2, 0.25) is 0 Å². The number of rotatable bonds is 5. The average Bonchev–Trinajstić information content (AvgIpc) is 2.41. The van der Waals surface area contributed by atoms with Crippen molar-refractivity contribution >= 4 is 17.7 Å². The second kappa shape index (κ2) is 6.19. The Balaban J connectivity index is 2.02. The van der Waals surface area contributed by atoms with Crippen LogP contribution < -0.4 is 5.56 Å². The van der Waals surface area contributed by atoms with Gasteiger partial charge < -0.3 is 9.67 Å². The Morgan fingerprint density at radius 3 is 2.89 bits per heavy atom. The third-order valence-electron chi connectivity index (χ3n) is 2.47. The molecule has 0 aliphatic rings. The molecule has 2 aromatic rings. The Morgan fingerprint density at radius 2 is 2.16 bits per heavy atom. The minimum absolute atomic E-state index is 0.0671. The van der Waals surface area contributed by atoms with Crippen molar-refractivity contribution in [3.8, 4) is 0 Å². The van der Waals surface area contributed by atoms with E-state index < -0.39 is 5.97 Å². The quantitative estimate of drug-likeness (QED) is 0.842. The number of thioether (sulfide) groups is 1. The summed E-state index contributed by atoms with van der Waals surface area (Å²) in [6.07, 6.45) is 3.27. The first kappa shape index (κ1) is 13.4. The lowest BCUT2D eigenvalue weighted by Gasteiger charge is -2.06. The molecule has 19 heavy (non-hydrogen) atoms. The van der Waals surface area contributed by atoms with E-state index in [0.29, 0.717) is 17.3 Å². The van der Waals surface area contributed by atoms with E-state index in [1.54, 1.807) is 35.2 Å². The molecular weight excluding hydrogens is 264 g/mol. The average molecular weight is 276 g/mol. The van der Waals surface area contributed by atoms with Crippen molar-refractivity contribution in [2.45, 2.75) is 11.6 Å². The SMILES string of the molecule is O=C(O)c1cccnc1SCCn1ccccc1=O. The topological polar surface area (TPSA) is 72.2 Å². The number of aromatic nitrogens is 2. The zero-order chi connectivity index (χ0) is 13.7. The molecule has 0 saturated carbocycles. The maximum absolute atomic E-state index is 11.5. The molecule has 0 spiro atoms. The van der Waals surface area contributed by atoms with Crippen molar-refractivity contribution in [1.29, 1.82) is 0 Å². The van der Waals surface area contributed by atoms with Crippen LogP contribution in [0.25, 0.3) is 0 Å². The number of carboxylic acids is 1. The van der Waals surface area contributed by atoms with Crippen LogP contribution in [0.15, 0.2) is 52.5 Å². The summed E-state index contributed by atoms with van der Waals surface area (Å²) in [6, 6.07) is 8.08. The molecule has 0 radical (unpaired) electrons. The third-order valence-corrected chi connectivity index (χ3v) is 3.46. The minimum atomic E-state index is -0.993. The molecule has 1 N–H and O–H groups in total. The number of aryl methyl sites for hydroxylation is 1. The lowest BCUT2D eigenvalue weighted by molar-refractivity contribution is 0.0692. The highest BCUT2D eigenvalue weighted by Crippen LogP contribution is 2.19. The van der Waals surface area contributed by atoms with Crippen LogP contribution in [0.5, 0.6) is 0 Å². The Bertz CT molecular complexity index is 640. The van der Waals surface area contributed by atoms with Gasteiger partial charge in [0.05, 0.1) is 5.56 Å². The van der Waals surface area contributed by atoms with Crippen LogP contribution in [0.3, 0.4) is 0 Å². The summed E-state index contributed by atoms with van der Waals surface area (Å²) in [4.78, 5) is 26.5. The van der Waals surface area contributed by atoms with E-state index in [9.17, 15) is 9.59 Å². The van der Waals surface area contributed by atoms with Gasteiger partial charge in [0.15, 0.2) is 0 Å². The number of hydrogen-bond donors (Lipinski definition) is 1. The second-order valence-corrected chi connectivity index (χ2v) is 4.83. The first-order valence-corrected chi connectivity index (χ1v) is 6.63. The van der Waals surface area contributed by atoms with Gasteiger partial charge >= 0.3 is 5.97 Å². The van der Waals surface area contributed by atoms with Gasteiger partial charge in [-0.3, -0.25) is 4.79 Å². The standard InChI is InChI=1S/C13H12N2O3S/c16-11-5-1-2-7-15(11)8-9-19-12-10(13(17)18)4-3-6-14-12/h1-7H,8-9H2,(H,17,18). The molecule has 0 fully saturated rings. The van der Waals surface area contributed by atoms with E-state index in [0.717, 1.165) is 0 Å². The first-order valence-electron chi connectivity index (χ1n) is 5.65. The van der Waals surface area contributed by atoms with Gasteiger partial charge in [-0.1, -0.05) is 6.07 Å². The van der Waals surface area contributed by atoms with Crippen LogP contribution in [0.4, 0.5) is 0 Å². The summed E-state index contributed by atoms with van der Waals surface area (Å²) in [7, 11) is 0. The molecule has 2 heterocycles. The van der Waals surface area contributed by atoms with E-state index in [1.807, 2.05) is 0 Å². The maximum Gasteiger partial charge on any atom is 0.338 e. The number of carbonyl (C=O) groups is 1. The van der Waals surface area contributed by atoms with Gasteiger partial charge in [-0.05, 0) is 18.2 Å².